The van der Waals surface area contributed by atoms with Crippen LogP contribution in [0.2, 0.25) is 5.02 Å². The van der Waals surface area contributed by atoms with E-state index in [9.17, 15) is 9.59 Å². The average molecular weight is 454 g/mol. The molecule has 8 heteroatoms. The molecule has 1 aromatic heterocycles. The van der Waals surface area contributed by atoms with Gasteiger partial charge in [0, 0.05) is 18.0 Å². The molecule has 1 amide bonds. The molecule has 6 nitrogen and oxygen atoms in total. The predicted octanol–water partition coefficient (Wildman–Crippen LogP) is 4.46. The smallest absolute Gasteiger partial charge is 0.345 e. The van der Waals surface area contributed by atoms with E-state index in [-0.39, 0.29) is 12.1 Å². The third-order valence-electron chi connectivity index (χ3n) is 5.54. The van der Waals surface area contributed by atoms with Crippen LogP contribution in [-0.2, 0) is 13.0 Å². The summed E-state index contributed by atoms with van der Waals surface area (Å²) in [6, 6.07) is 13.8. The van der Waals surface area contributed by atoms with E-state index >= 15 is 0 Å². The Balaban J connectivity index is 1.32. The molecule has 0 spiro atoms. The Hall–Kier alpha value is -2.87. The molecule has 158 valence electrons. The van der Waals surface area contributed by atoms with Gasteiger partial charge in [-0.3, -0.25) is 4.79 Å². The molecule has 0 radical (unpaired) electrons. The van der Waals surface area contributed by atoms with Gasteiger partial charge in [0.25, 0.3) is 5.91 Å². The first-order valence-corrected chi connectivity index (χ1v) is 11.2. The Bertz CT molecular complexity index is 1180. The van der Waals surface area contributed by atoms with E-state index in [1.807, 2.05) is 12.1 Å². The molecule has 0 aliphatic carbocycles. The first-order valence-electron chi connectivity index (χ1n) is 9.97. The maximum atomic E-state index is 12.8. The topological polar surface area (TPSA) is 70.7 Å². The van der Waals surface area contributed by atoms with Crippen LogP contribution in [-0.4, -0.2) is 30.4 Å². The fraction of sp³-hybridized carbons (Fsp3) is 0.217. The number of carbonyl (C=O) groups excluding carboxylic acids is 2. The lowest BCUT2D eigenvalue weighted by molar-refractivity contribution is 0.0734. The number of fused-ring (bicyclic) bond motifs is 3. The zero-order chi connectivity index (χ0) is 21.5. The predicted molar refractivity (Wildman–Crippen MR) is 121 cm³/mol. The molecule has 1 unspecified atom stereocenters. The summed E-state index contributed by atoms with van der Waals surface area (Å²) < 4.78 is 5.43. The molecule has 2 aliphatic rings. The minimum atomic E-state index is -0.513. The lowest BCUT2D eigenvalue weighted by atomic mass is 10.0. The second kappa shape index (κ2) is 8.00. The number of amides is 1. The summed E-state index contributed by atoms with van der Waals surface area (Å²) in [6.45, 7) is 1.83. The van der Waals surface area contributed by atoms with Crippen molar-refractivity contribution in [2.75, 3.05) is 18.9 Å². The maximum absolute atomic E-state index is 12.8. The number of nitrogens with one attached hydrogen (secondary N) is 2. The van der Waals surface area contributed by atoms with Crippen molar-refractivity contribution in [3.8, 4) is 5.75 Å². The molecule has 5 rings (SSSR count). The van der Waals surface area contributed by atoms with Crippen LogP contribution in [0, 0.1) is 0 Å². The summed E-state index contributed by atoms with van der Waals surface area (Å²) in [5.41, 5.74) is 3.15. The third-order valence-corrected chi connectivity index (χ3v) is 7.02. The molecule has 2 N–H and O–H groups in total. The molecular weight excluding hydrogens is 434 g/mol. The van der Waals surface area contributed by atoms with Crippen LogP contribution in [0.15, 0.2) is 48.5 Å². The zero-order valence-electron chi connectivity index (χ0n) is 16.8. The number of hydrogen-bond donors (Lipinski definition) is 2. The largest absolute Gasteiger partial charge is 0.423 e. The van der Waals surface area contributed by atoms with Crippen LogP contribution in [0.25, 0.3) is 0 Å². The highest BCUT2D eigenvalue weighted by Gasteiger charge is 2.32. The van der Waals surface area contributed by atoms with Gasteiger partial charge in [-0.1, -0.05) is 35.9 Å². The highest BCUT2D eigenvalue weighted by atomic mass is 35.5. The Morgan fingerprint density at radius 2 is 1.94 bits per heavy atom. The van der Waals surface area contributed by atoms with Crippen molar-refractivity contribution < 1.29 is 14.3 Å². The number of carbonyl (C=O) groups is 2. The van der Waals surface area contributed by atoms with Crippen LogP contribution >= 0.6 is 22.9 Å². The number of likely N-dealkylation sites (N-methyl/N-ethyl adjacent to an activating group) is 1. The normalized spacial score (nSPS) is 17.9. The fourth-order valence-electron chi connectivity index (χ4n) is 3.93. The Kier molecular flexibility index (Phi) is 5.17. The molecule has 0 bridgehead atoms. The zero-order valence-corrected chi connectivity index (χ0v) is 18.3. The number of rotatable bonds is 3. The number of esters is 1. The number of ether oxygens (including phenoxy) is 1. The van der Waals surface area contributed by atoms with Crippen molar-refractivity contribution in [2.24, 2.45) is 0 Å². The Morgan fingerprint density at radius 3 is 2.71 bits per heavy atom. The van der Waals surface area contributed by atoms with Crippen molar-refractivity contribution in [1.82, 2.24) is 10.2 Å². The van der Waals surface area contributed by atoms with Gasteiger partial charge in [0.2, 0.25) is 0 Å². The number of thiophene rings is 1. The van der Waals surface area contributed by atoms with Gasteiger partial charge < -0.3 is 20.3 Å². The molecule has 2 aromatic carbocycles. The number of hydrogen-bond acceptors (Lipinski definition) is 6. The molecule has 1 atom stereocenters. The minimum Gasteiger partial charge on any atom is -0.423 e. The third kappa shape index (κ3) is 3.80. The average Bonchev–Trinajstić information content (AvgIpc) is 3.12. The van der Waals surface area contributed by atoms with E-state index in [4.69, 9.17) is 16.3 Å². The fourth-order valence-corrected chi connectivity index (χ4v) is 5.49. The van der Waals surface area contributed by atoms with Crippen molar-refractivity contribution in [3.63, 3.8) is 0 Å². The minimum absolute atomic E-state index is 0.0463. The van der Waals surface area contributed by atoms with E-state index in [2.05, 4.69) is 22.6 Å². The lowest BCUT2D eigenvalue weighted by Gasteiger charge is -2.27. The lowest BCUT2D eigenvalue weighted by Crippen LogP contribution is -2.38. The maximum Gasteiger partial charge on any atom is 0.345 e. The Labute approximate surface area is 188 Å². The van der Waals surface area contributed by atoms with Crippen LogP contribution in [0.4, 0.5) is 5.00 Å². The van der Waals surface area contributed by atoms with Crippen molar-refractivity contribution >= 4 is 39.8 Å². The summed E-state index contributed by atoms with van der Waals surface area (Å²) >= 11 is 7.72. The van der Waals surface area contributed by atoms with E-state index < -0.39 is 5.97 Å². The molecule has 0 saturated heterocycles. The van der Waals surface area contributed by atoms with Crippen LogP contribution < -0.4 is 15.4 Å². The molecule has 3 aromatic rings. The summed E-state index contributed by atoms with van der Waals surface area (Å²) in [7, 11) is 2.10. The summed E-state index contributed by atoms with van der Waals surface area (Å²) in [5.74, 6) is -0.151. The van der Waals surface area contributed by atoms with Gasteiger partial charge in [0.1, 0.15) is 16.9 Å². The van der Waals surface area contributed by atoms with Gasteiger partial charge in [-0.2, -0.15) is 0 Å². The Morgan fingerprint density at radius 1 is 1.16 bits per heavy atom. The van der Waals surface area contributed by atoms with Gasteiger partial charge in [0.15, 0.2) is 0 Å². The van der Waals surface area contributed by atoms with E-state index in [0.29, 0.717) is 16.3 Å². The van der Waals surface area contributed by atoms with E-state index in [1.165, 1.54) is 10.4 Å². The number of halogens is 1. The summed E-state index contributed by atoms with van der Waals surface area (Å²) in [5, 5.41) is 7.77. The van der Waals surface area contributed by atoms with Crippen molar-refractivity contribution in [3.05, 3.63) is 80.7 Å². The van der Waals surface area contributed by atoms with Gasteiger partial charge in [-0.15, -0.1) is 11.3 Å². The van der Waals surface area contributed by atoms with Gasteiger partial charge in [-0.25, -0.2) is 4.79 Å². The molecule has 0 saturated carbocycles. The molecule has 31 heavy (non-hydrogen) atoms. The second-order valence-corrected chi connectivity index (χ2v) is 9.20. The van der Waals surface area contributed by atoms with Crippen molar-refractivity contribution in [2.45, 2.75) is 19.1 Å². The first-order chi connectivity index (χ1) is 15.0. The highest BCUT2D eigenvalue weighted by Crippen LogP contribution is 2.40. The SMILES string of the molecule is CN1CCc2c(sc3c2C(=O)NC(c2ccc(OC(=O)c4ccccc4Cl)cc2)N3)C1. The van der Waals surface area contributed by atoms with Crippen LogP contribution in [0.1, 0.15) is 42.9 Å². The highest BCUT2D eigenvalue weighted by molar-refractivity contribution is 7.16. The molecule has 2 aliphatic heterocycles. The standard InChI is InChI=1S/C23H20ClN3O3S/c1-27-11-10-16-18(12-27)31-22-19(16)21(28)25-20(26-22)13-6-8-14(9-7-13)30-23(29)15-4-2-3-5-17(15)24/h2-9,20,26H,10-12H2,1H3,(H,25,28). The van der Waals surface area contributed by atoms with Crippen LogP contribution in [0.5, 0.6) is 5.75 Å². The molecule has 0 fully saturated rings. The summed E-state index contributed by atoms with van der Waals surface area (Å²) in [4.78, 5) is 28.7. The molecular formula is C23H20ClN3O3S. The van der Waals surface area contributed by atoms with E-state index in [0.717, 1.165) is 35.6 Å². The van der Waals surface area contributed by atoms with Crippen LogP contribution in [0.3, 0.4) is 0 Å². The number of nitrogens with zero attached hydrogens (tertiary/aromatic N) is 1. The van der Waals surface area contributed by atoms with Gasteiger partial charge >= 0.3 is 5.97 Å². The van der Waals surface area contributed by atoms with Gasteiger partial charge in [-0.05, 0) is 48.9 Å². The monoisotopic (exact) mass is 453 g/mol. The quantitative estimate of drug-likeness (QED) is 0.452. The van der Waals surface area contributed by atoms with Gasteiger partial charge in [0.05, 0.1) is 16.1 Å². The number of anilines is 1. The first kappa shape index (κ1) is 20.1. The summed E-state index contributed by atoms with van der Waals surface area (Å²) in [6.07, 6.45) is 0.550. The van der Waals surface area contributed by atoms with Crippen molar-refractivity contribution in [1.29, 1.82) is 0 Å². The van der Waals surface area contributed by atoms with E-state index in [1.54, 1.807) is 47.7 Å². The second-order valence-electron chi connectivity index (χ2n) is 7.68. The molecule has 3 heterocycles. The number of benzene rings is 2.